The molecular weight excluding hydrogens is 256 g/mol. The molecule has 4 aliphatic carbocycles. The molecule has 6 atom stereocenters. The summed E-state index contributed by atoms with van der Waals surface area (Å²) < 4.78 is 0. The SMILES string of the molecule is C=C1C=C2C[C@@H](C)[C@@H]3[C@H](CC[C@]4(C)C(=O)CC[C@@H]34)[C@H]2CC1. The van der Waals surface area contributed by atoms with E-state index in [1.165, 1.54) is 37.7 Å². The fourth-order valence-electron chi connectivity index (χ4n) is 6.46. The second-order valence-electron chi connectivity index (χ2n) is 8.47. The molecule has 4 rings (SSSR count). The average molecular weight is 284 g/mol. The fraction of sp³-hybridized carbons (Fsp3) is 0.750. The van der Waals surface area contributed by atoms with E-state index < -0.39 is 0 Å². The van der Waals surface area contributed by atoms with Crippen molar-refractivity contribution >= 4 is 5.78 Å². The molecule has 0 aromatic rings. The number of carbonyl (C=O) groups excluding carboxylic acids is 1. The van der Waals surface area contributed by atoms with E-state index in [-0.39, 0.29) is 5.41 Å². The summed E-state index contributed by atoms with van der Waals surface area (Å²) in [7, 11) is 0. The van der Waals surface area contributed by atoms with E-state index in [0.29, 0.717) is 11.7 Å². The third-order valence-corrected chi connectivity index (χ3v) is 7.47. The molecule has 1 heteroatoms. The van der Waals surface area contributed by atoms with Crippen molar-refractivity contribution in [2.24, 2.45) is 35.0 Å². The Morgan fingerprint density at radius 3 is 2.86 bits per heavy atom. The zero-order chi connectivity index (χ0) is 14.8. The van der Waals surface area contributed by atoms with Crippen molar-refractivity contribution in [2.75, 3.05) is 0 Å². The van der Waals surface area contributed by atoms with Crippen molar-refractivity contribution in [3.8, 4) is 0 Å². The molecule has 21 heavy (non-hydrogen) atoms. The molecule has 0 aromatic carbocycles. The van der Waals surface area contributed by atoms with Crippen molar-refractivity contribution in [1.82, 2.24) is 0 Å². The molecule has 0 amide bonds. The highest BCUT2D eigenvalue weighted by atomic mass is 16.1. The lowest BCUT2D eigenvalue weighted by atomic mass is 9.50. The number of hydrogen-bond donors (Lipinski definition) is 0. The molecule has 0 saturated heterocycles. The second-order valence-corrected chi connectivity index (χ2v) is 8.47. The maximum absolute atomic E-state index is 12.4. The number of rotatable bonds is 0. The van der Waals surface area contributed by atoms with Crippen LogP contribution in [0.5, 0.6) is 0 Å². The Hall–Kier alpha value is -0.850. The van der Waals surface area contributed by atoms with Gasteiger partial charge in [-0.25, -0.2) is 0 Å². The smallest absolute Gasteiger partial charge is 0.139 e. The summed E-state index contributed by atoms with van der Waals surface area (Å²) in [6.07, 6.45) is 10.6. The zero-order valence-corrected chi connectivity index (χ0v) is 13.5. The largest absolute Gasteiger partial charge is 0.299 e. The van der Waals surface area contributed by atoms with Crippen LogP contribution in [0.2, 0.25) is 0 Å². The van der Waals surface area contributed by atoms with Gasteiger partial charge in [0.15, 0.2) is 0 Å². The molecule has 0 heterocycles. The van der Waals surface area contributed by atoms with Crippen molar-refractivity contribution in [3.63, 3.8) is 0 Å². The van der Waals surface area contributed by atoms with E-state index in [0.717, 1.165) is 36.5 Å². The number of allylic oxidation sites excluding steroid dienone is 3. The van der Waals surface area contributed by atoms with Crippen LogP contribution in [0, 0.1) is 35.0 Å². The molecule has 0 aromatic heterocycles. The molecule has 0 bridgehead atoms. The van der Waals surface area contributed by atoms with Gasteiger partial charge in [0.1, 0.15) is 5.78 Å². The molecule has 0 radical (unpaired) electrons. The lowest BCUT2D eigenvalue weighted by Gasteiger charge is -2.54. The standard InChI is InChI=1S/C20H28O/c1-12-4-5-15-14(10-12)11-13(2)19-16(15)8-9-20(3)17(19)6-7-18(20)21/h10,13,15-17,19H,1,4-9,11H2,2-3H3/t13-,15+,16-,17+,19-,20+/m1/s1. The van der Waals surface area contributed by atoms with Crippen LogP contribution in [0.25, 0.3) is 0 Å². The highest BCUT2D eigenvalue weighted by molar-refractivity contribution is 5.87. The van der Waals surface area contributed by atoms with Crippen molar-refractivity contribution < 1.29 is 4.79 Å². The minimum Gasteiger partial charge on any atom is -0.299 e. The Morgan fingerprint density at radius 2 is 2.05 bits per heavy atom. The fourth-order valence-corrected chi connectivity index (χ4v) is 6.46. The third-order valence-electron chi connectivity index (χ3n) is 7.47. The molecule has 0 aliphatic heterocycles. The van der Waals surface area contributed by atoms with Gasteiger partial charge in [-0.1, -0.05) is 37.6 Å². The van der Waals surface area contributed by atoms with E-state index in [2.05, 4.69) is 26.5 Å². The third kappa shape index (κ3) is 1.85. The van der Waals surface area contributed by atoms with Crippen LogP contribution in [-0.2, 0) is 4.79 Å². The van der Waals surface area contributed by atoms with Gasteiger partial charge in [-0.3, -0.25) is 4.79 Å². The molecule has 0 N–H and O–H groups in total. The van der Waals surface area contributed by atoms with E-state index >= 15 is 0 Å². The Labute approximate surface area is 128 Å². The maximum atomic E-state index is 12.4. The minimum absolute atomic E-state index is 0.0227. The van der Waals surface area contributed by atoms with Gasteiger partial charge < -0.3 is 0 Å². The molecular formula is C20H28O. The van der Waals surface area contributed by atoms with E-state index in [9.17, 15) is 4.79 Å². The topological polar surface area (TPSA) is 17.1 Å². The lowest BCUT2D eigenvalue weighted by molar-refractivity contribution is -0.132. The van der Waals surface area contributed by atoms with Crippen LogP contribution in [0.3, 0.4) is 0 Å². The van der Waals surface area contributed by atoms with Crippen molar-refractivity contribution in [3.05, 3.63) is 23.8 Å². The molecule has 4 aliphatic rings. The summed E-state index contributed by atoms with van der Waals surface area (Å²) in [5, 5.41) is 0. The number of carbonyl (C=O) groups is 1. The predicted octanol–water partition coefficient (Wildman–Crippen LogP) is 4.93. The van der Waals surface area contributed by atoms with Crippen molar-refractivity contribution in [1.29, 1.82) is 0 Å². The zero-order valence-electron chi connectivity index (χ0n) is 13.5. The van der Waals surface area contributed by atoms with Crippen molar-refractivity contribution in [2.45, 2.75) is 58.8 Å². The van der Waals surface area contributed by atoms with Crippen LogP contribution in [0.15, 0.2) is 23.8 Å². The van der Waals surface area contributed by atoms with Gasteiger partial charge in [0.2, 0.25) is 0 Å². The maximum Gasteiger partial charge on any atom is 0.139 e. The number of hydrogen-bond acceptors (Lipinski definition) is 1. The average Bonchev–Trinajstić information content (AvgIpc) is 2.74. The molecule has 3 fully saturated rings. The van der Waals surface area contributed by atoms with Gasteiger partial charge in [-0.2, -0.15) is 0 Å². The predicted molar refractivity (Wildman–Crippen MR) is 85.8 cm³/mol. The van der Waals surface area contributed by atoms with E-state index in [4.69, 9.17) is 0 Å². The molecule has 114 valence electrons. The molecule has 0 spiro atoms. The molecule has 0 unspecified atom stereocenters. The first-order valence-electron chi connectivity index (χ1n) is 8.92. The normalized spacial score (nSPS) is 49.2. The Balaban J connectivity index is 1.70. The molecule has 1 nitrogen and oxygen atoms in total. The number of fused-ring (bicyclic) bond motifs is 5. The van der Waals surface area contributed by atoms with Gasteiger partial charge in [0, 0.05) is 11.8 Å². The van der Waals surface area contributed by atoms with Crippen LogP contribution in [-0.4, -0.2) is 5.78 Å². The van der Waals surface area contributed by atoms with Crippen LogP contribution in [0.1, 0.15) is 58.8 Å². The summed E-state index contributed by atoms with van der Waals surface area (Å²) in [6, 6.07) is 0. The monoisotopic (exact) mass is 284 g/mol. The molecule has 3 saturated carbocycles. The Morgan fingerprint density at radius 1 is 1.24 bits per heavy atom. The van der Waals surface area contributed by atoms with Gasteiger partial charge in [-0.05, 0) is 68.1 Å². The van der Waals surface area contributed by atoms with Gasteiger partial charge in [-0.15, -0.1) is 0 Å². The van der Waals surface area contributed by atoms with Crippen LogP contribution >= 0.6 is 0 Å². The van der Waals surface area contributed by atoms with Crippen LogP contribution < -0.4 is 0 Å². The summed E-state index contributed by atoms with van der Waals surface area (Å²) in [5.41, 5.74) is 3.05. The lowest BCUT2D eigenvalue weighted by Crippen LogP contribution is -2.49. The number of Topliss-reactive ketones (excluding diaryl/α,β-unsaturated/α-hetero) is 1. The van der Waals surface area contributed by atoms with Gasteiger partial charge in [0.25, 0.3) is 0 Å². The second kappa shape index (κ2) is 4.57. The minimum atomic E-state index is 0.0227. The Kier molecular flexibility index (Phi) is 3.00. The summed E-state index contributed by atoms with van der Waals surface area (Å²) >= 11 is 0. The quantitative estimate of drug-likeness (QED) is 0.616. The van der Waals surface area contributed by atoms with Gasteiger partial charge >= 0.3 is 0 Å². The first-order valence-corrected chi connectivity index (χ1v) is 8.92. The summed E-state index contributed by atoms with van der Waals surface area (Å²) in [4.78, 5) is 12.4. The first kappa shape index (κ1) is 13.8. The highest BCUT2D eigenvalue weighted by Gasteiger charge is 2.57. The number of ketones is 1. The summed E-state index contributed by atoms with van der Waals surface area (Å²) in [5.74, 6) is 4.43. The Bertz CT molecular complexity index is 528. The van der Waals surface area contributed by atoms with Crippen LogP contribution in [0.4, 0.5) is 0 Å². The highest BCUT2D eigenvalue weighted by Crippen LogP contribution is 2.62. The summed E-state index contributed by atoms with van der Waals surface area (Å²) in [6.45, 7) is 8.91. The first-order chi connectivity index (χ1) is 10.0. The van der Waals surface area contributed by atoms with E-state index in [1.807, 2.05) is 0 Å². The van der Waals surface area contributed by atoms with E-state index in [1.54, 1.807) is 5.57 Å². The van der Waals surface area contributed by atoms with Gasteiger partial charge in [0.05, 0.1) is 0 Å².